The summed E-state index contributed by atoms with van der Waals surface area (Å²) < 4.78 is 47.8. The van der Waals surface area contributed by atoms with Gasteiger partial charge in [0.15, 0.2) is 0 Å². The van der Waals surface area contributed by atoms with Crippen molar-refractivity contribution in [2.75, 3.05) is 18.0 Å². The predicted octanol–water partition coefficient (Wildman–Crippen LogP) is 5.41. The van der Waals surface area contributed by atoms with E-state index in [4.69, 9.17) is 16.3 Å². The second-order valence-electron chi connectivity index (χ2n) is 10.5. The Bertz CT molecular complexity index is 1480. The Balaban J connectivity index is 2.09. The first kappa shape index (κ1) is 31.9. The first-order valence-corrected chi connectivity index (χ1v) is 14.9. The molecule has 0 bridgehead atoms. The van der Waals surface area contributed by atoms with Crippen LogP contribution in [0.5, 0.6) is 5.75 Å². The number of nitrogens with one attached hydrogen (secondary N) is 1. The van der Waals surface area contributed by atoms with Gasteiger partial charge in [-0.05, 0) is 75.2 Å². The summed E-state index contributed by atoms with van der Waals surface area (Å²) in [6.07, 6.45) is 0.269. The van der Waals surface area contributed by atoms with Crippen LogP contribution in [0.1, 0.15) is 39.7 Å². The molecule has 3 aromatic rings. The van der Waals surface area contributed by atoms with Gasteiger partial charge in [0.2, 0.25) is 11.8 Å². The van der Waals surface area contributed by atoms with Crippen molar-refractivity contribution in [3.63, 3.8) is 0 Å². The molecule has 0 aromatic heterocycles. The van der Waals surface area contributed by atoms with Crippen molar-refractivity contribution in [3.05, 3.63) is 89.2 Å². The van der Waals surface area contributed by atoms with E-state index in [0.717, 1.165) is 16.4 Å². The maximum absolute atomic E-state index is 14.1. The Hall–Kier alpha value is -3.63. The fourth-order valence-electron chi connectivity index (χ4n) is 4.23. The first-order valence-electron chi connectivity index (χ1n) is 13.0. The number of halogens is 2. The Kier molecular flexibility index (Phi) is 10.4. The molecule has 11 heteroatoms. The van der Waals surface area contributed by atoms with Crippen LogP contribution in [0.2, 0.25) is 5.02 Å². The molecule has 3 rings (SSSR count). The molecule has 1 N–H and O–H groups in total. The monoisotopic (exact) mass is 603 g/mol. The Labute approximate surface area is 246 Å². The van der Waals surface area contributed by atoms with Gasteiger partial charge in [-0.1, -0.05) is 48.9 Å². The maximum atomic E-state index is 14.1. The molecule has 0 aliphatic carbocycles. The van der Waals surface area contributed by atoms with E-state index in [9.17, 15) is 22.4 Å². The number of nitrogens with zero attached hydrogens (tertiary/aromatic N) is 2. The zero-order valence-electron chi connectivity index (χ0n) is 23.7. The highest BCUT2D eigenvalue weighted by Gasteiger charge is 2.34. The van der Waals surface area contributed by atoms with Gasteiger partial charge in [0, 0.05) is 12.1 Å². The largest absolute Gasteiger partial charge is 0.497 e. The third-order valence-corrected chi connectivity index (χ3v) is 8.25. The van der Waals surface area contributed by atoms with E-state index in [2.05, 4.69) is 5.32 Å². The molecule has 1 atom stereocenters. The number of sulfonamides is 1. The number of carbonyl (C=O) groups is 2. The predicted molar refractivity (Wildman–Crippen MR) is 158 cm³/mol. The van der Waals surface area contributed by atoms with Crippen LogP contribution in [0, 0.1) is 5.82 Å². The fourth-order valence-corrected chi connectivity index (χ4v) is 5.83. The van der Waals surface area contributed by atoms with Crippen LogP contribution in [0.4, 0.5) is 10.1 Å². The summed E-state index contributed by atoms with van der Waals surface area (Å²) in [6, 6.07) is 17.2. The number of benzene rings is 3. The van der Waals surface area contributed by atoms with E-state index in [1.165, 1.54) is 30.2 Å². The Morgan fingerprint density at radius 3 is 2.29 bits per heavy atom. The SMILES string of the molecule is CCC(C(=O)NC(C)(C)C)N(Cc1cccc(OC)c1)C(=O)CN(c1ccc(F)c(Cl)c1)S(=O)(=O)c1ccccc1. The van der Waals surface area contributed by atoms with Gasteiger partial charge in [0.25, 0.3) is 10.0 Å². The molecule has 2 amide bonds. The minimum Gasteiger partial charge on any atom is -0.497 e. The molecule has 0 fully saturated rings. The lowest BCUT2D eigenvalue weighted by atomic mass is 10.1. The van der Waals surface area contributed by atoms with Crippen LogP contribution in [0.15, 0.2) is 77.7 Å². The van der Waals surface area contributed by atoms with Gasteiger partial charge in [-0.3, -0.25) is 13.9 Å². The number of methoxy groups -OCH3 is 1. The summed E-state index contributed by atoms with van der Waals surface area (Å²) in [6.45, 7) is 6.61. The van der Waals surface area contributed by atoms with Crippen molar-refractivity contribution in [2.45, 2.75) is 57.1 Å². The highest BCUT2D eigenvalue weighted by atomic mass is 35.5. The number of carbonyl (C=O) groups excluding carboxylic acids is 2. The summed E-state index contributed by atoms with van der Waals surface area (Å²) in [4.78, 5) is 28.8. The minimum atomic E-state index is -4.29. The Morgan fingerprint density at radius 2 is 1.71 bits per heavy atom. The molecule has 0 radical (unpaired) electrons. The van der Waals surface area contributed by atoms with Crippen LogP contribution in [-0.2, 0) is 26.2 Å². The topological polar surface area (TPSA) is 96.0 Å². The molecule has 0 aliphatic rings. The summed E-state index contributed by atoms with van der Waals surface area (Å²) >= 11 is 6.01. The summed E-state index contributed by atoms with van der Waals surface area (Å²) in [5.74, 6) is -1.18. The van der Waals surface area contributed by atoms with Gasteiger partial charge in [0.1, 0.15) is 24.2 Å². The zero-order valence-corrected chi connectivity index (χ0v) is 25.3. The number of hydrogen-bond acceptors (Lipinski definition) is 5. The molecule has 0 saturated carbocycles. The van der Waals surface area contributed by atoms with E-state index in [1.54, 1.807) is 49.4 Å². The molecule has 3 aromatic carbocycles. The van der Waals surface area contributed by atoms with Gasteiger partial charge < -0.3 is 15.0 Å². The summed E-state index contributed by atoms with van der Waals surface area (Å²) in [5.41, 5.74) is 0.118. The molecule has 1 unspecified atom stereocenters. The molecule has 41 heavy (non-hydrogen) atoms. The van der Waals surface area contributed by atoms with Crippen molar-refractivity contribution in [1.29, 1.82) is 0 Å². The summed E-state index contributed by atoms with van der Waals surface area (Å²) in [5, 5.41) is 2.62. The third-order valence-electron chi connectivity index (χ3n) is 6.17. The first-order chi connectivity index (χ1) is 19.3. The van der Waals surface area contributed by atoms with Gasteiger partial charge in [-0.15, -0.1) is 0 Å². The standard InChI is InChI=1S/C30H35ClFN3O5S/c1-6-27(29(37)33-30(2,3)4)34(19-21-11-10-12-23(17-21)40-5)28(36)20-35(22-15-16-26(32)25(31)18-22)41(38,39)24-13-8-7-9-14-24/h7-18,27H,6,19-20H2,1-5H3,(H,33,37). The van der Waals surface area contributed by atoms with E-state index >= 15 is 0 Å². The number of anilines is 1. The highest BCUT2D eigenvalue weighted by Crippen LogP contribution is 2.28. The lowest BCUT2D eigenvalue weighted by Gasteiger charge is -2.34. The minimum absolute atomic E-state index is 0.00197. The molecule has 8 nitrogen and oxygen atoms in total. The number of ether oxygens (including phenoxy) is 1. The van der Waals surface area contributed by atoms with Gasteiger partial charge in [-0.2, -0.15) is 0 Å². The van der Waals surface area contributed by atoms with Crippen molar-refractivity contribution >= 4 is 39.1 Å². The molecule has 0 spiro atoms. The van der Waals surface area contributed by atoms with Crippen molar-refractivity contribution in [2.24, 2.45) is 0 Å². The fraction of sp³-hybridized carbons (Fsp3) is 0.333. The average molecular weight is 604 g/mol. The van der Waals surface area contributed by atoms with Crippen molar-refractivity contribution < 1.29 is 27.1 Å². The maximum Gasteiger partial charge on any atom is 0.264 e. The number of rotatable bonds is 11. The number of amides is 2. The van der Waals surface area contributed by atoms with E-state index in [-0.39, 0.29) is 34.5 Å². The second-order valence-corrected chi connectivity index (χ2v) is 12.7. The average Bonchev–Trinajstić information content (AvgIpc) is 2.92. The second kappa shape index (κ2) is 13.4. The van der Waals surface area contributed by atoms with Crippen LogP contribution in [0.3, 0.4) is 0 Å². The van der Waals surface area contributed by atoms with Gasteiger partial charge in [-0.25, -0.2) is 12.8 Å². The highest BCUT2D eigenvalue weighted by molar-refractivity contribution is 7.92. The van der Waals surface area contributed by atoms with Crippen molar-refractivity contribution in [3.8, 4) is 5.75 Å². The zero-order chi connectivity index (χ0) is 30.4. The van der Waals surface area contributed by atoms with E-state index in [1.807, 2.05) is 20.8 Å². The molecule has 0 saturated heterocycles. The smallest absolute Gasteiger partial charge is 0.264 e. The van der Waals surface area contributed by atoms with Gasteiger partial charge >= 0.3 is 0 Å². The van der Waals surface area contributed by atoms with Crippen LogP contribution in [-0.4, -0.2) is 50.4 Å². The summed E-state index contributed by atoms with van der Waals surface area (Å²) in [7, 11) is -2.77. The third kappa shape index (κ3) is 8.20. The number of hydrogen-bond donors (Lipinski definition) is 1. The molecular weight excluding hydrogens is 569 g/mol. The van der Waals surface area contributed by atoms with Crippen molar-refractivity contribution in [1.82, 2.24) is 10.2 Å². The van der Waals surface area contributed by atoms with Gasteiger partial charge in [0.05, 0.1) is 22.7 Å². The molecule has 0 aliphatic heterocycles. The normalized spacial score (nSPS) is 12.4. The van der Waals surface area contributed by atoms with Crippen LogP contribution < -0.4 is 14.4 Å². The molecule has 220 valence electrons. The van der Waals surface area contributed by atoms with E-state index in [0.29, 0.717) is 11.3 Å². The molecular formula is C30H35ClFN3O5S. The quantitative estimate of drug-likeness (QED) is 0.316. The molecule has 0 heterocycles. The van der Waals surface area contributed by atoms with Crippen LogP contribution >= 0.6 is 11.6 Å². The Morgan fingerprint density at radius 1 is 1.02 bits per heavy atom. The lowest BCUT2D eigenvalue weighted by molar-refractivity contribution is -0.141. The lowest BCUT2D eigenvalue weighted by Crippen LogP contribution is -2.55. The van der Waals surface area contributed by atoms with Crippen LogP contribution in [0.25, 0.3) is 0 Å². The van der Waals surface area contributed by atoms with E-state index < -0.39 is 39.9 Å².